The van der Waals surface area contributed by atoms with Crippen molar-refractivity contribution in [3.8, 4) is 0 Å². The van der Waals surface area contributed by atoms with E-state index in [-0.39, 0.29) is 11.9 Å². The van der Waals surface area contributed by atoms with E-state index in [2.05, 4.69) is 12.2 Å². The zero-order valence-corrected chi connectivity index (χ0v) is 9.95. The maximum absolute atomic E-state index is 10.5. The van der Waals surface area contributed by atoms with Crippen LogP contribution in [0.3, 0.4) is 0 Å². The molecule has 3 N–H and O–H groups in total. The molecule has 90 valence electrons. The first-order chi connectivity index (χ1) is 7.59. The Labute approximate surface area is 96.2 Å². The molecular weight excluding hydrogens is 204 g/mol. The predicted molar refractivity (Wildman–Crippen MR) is 62.9 cm³/mol. The van der Waals surface area contributed by atoms with E-state index in [1.54, 1.807) is 0 Å². The van der Waals surface area contributed by atoms with Crippen molar-refractivity contribution in [3.05, 3.63) is 23.7 Å². The monoisotopic (exact) mass is 224 g/mol. The molecule has 0 radical (unpaired) electrons. The summed E-state index contributed by atoms with van der Waals surface area (Å²) in [7, 11) is 0. The second-order valence-corrected chi connectivity index (χ2v) is 4.05. The number of furan rings is 1. The molecule has 0 aliphatic rings. The molecule has 4 heteroatoms. The van der Waals surface area contributed by atoms with Crippen LogP contribution in [0.2, 0.25) is 0 Å². The van der Waals surface area contributed by atoms with Crippen LogP contribution in [0.15, 0.2) is 16.5 Å². The van der Waals surface area contributed by atoms with Crippen LogP contribution in [0.25, 0.3) is 0 Å². The maximum atomic E-state index is 10.5. The number of nitrogens with one attached hydrogen (secondary N) is 1. The lowest BCUT2D eigenvalue weighted by atomic mass is 10.2. The number of rotatable bonds is 7. The maximum Gasteiger partial charge on any atom is 0.217 e. The number of aryl methyl sites for hydroxylation is 1. The molecule has 1 unspecified atom stereocenters. The van der Waals surface area contributed by atoms with Crippen LogP contribution in [-0.4, -0.2) is 12.5 Å². The number of unbranched alkanes of at least 4 members (excludes halogenated alkanes) is 1. The summed E-state index contributed by atoms with van der Waals surface area (Å²) >= 11 is 0. The topological polar surface area (TPSA) is 68.3 Å². The largest absolute Gasteiger partial charge is 0.465 e. The summed E-state index contributed by atoms with van der Waals surface area (Å²) < 4.78 is 5.50. The molecule has 1 aromatic rings. The average molecular weight is 224 g/mol. The van der Waals surface area contributed by atoms with E-state index in [1.807, 2.05) is 19.1 Å². The fraction of sp³-hybridized carbons (Fsp3) is 0.583. The first-order valence-corrected chi connectivity index (χ1v) is 5.67. The van der Waals surface area contributed by atoms with Gasteiger partial charge in [0.25, 0.3) is 0 Å². The molecule has 1 amide bonds. The molecule has 0 fully saturated rings. The van der Waals surface area contributed by atoms with Gasteiger partial charge in [0, 0.05) is 6.42 Å². The van der Waals surface area contributed by atoms with Crippen LogP contribution >= 0.6 is 0 Å². The third-order valence-electron chi connectivity index (χ3n) is 2.49. The molecule has 0 saturated carbocycles. The van der Waals surface area contributed by atoms with E-state index in [9.17, 15) is 4.79 Å². The van der Waals surface area contributed by atoms with E-state index in [0.717, 1.165) is 30.9 Å². The number of hydrogen-bond acceptors (Lipinski definition) is 3. The summed E-state index contributed by atoms with van der Waals surface area (Å²) in [6.45, 7) is 4.86. The van der Waals surface area contributed by atoms with Crippen molar-refractivity contribution in [2.75, 3.05) is 6.54 Å². The Morgan fingerprint density at radius 3 is 2.81 bits per heavy atom. The molecule has 1 atom stereocenters. The minimum absolute atomic E-state index is 0.210. The Bertz CT molecular complexity index is 334. The second kappa shape index (κ2) is 6.33. The minimum atomic E-state index is -0.227. The lowest BCUT2D eigenvalue weighted by Crippen LogP contribution is -2.20. The van der Waals surface area contributed by atoms with Gasteiger partial charge in [-0.2, -0.15) is 0 Å². The van der Waals surface area contributed by atoms with E-state index in [4.69, 9.17) is 10.2 Å². The van der Waals surface area contributed by atoms with Crippen molar-refractivity contribution < 1.29 is 9.21 Å². The molecular formula is C12H20N2O2. The molecule has 0 saturated heterocycles. The highest BCUT2D eigenvalue weighted by molar-refractivity contribution is 5.73. The van der Waals surface area contributed by atoms with Gasteiger partial charge in [-0.1, -0.05) is 0 Å². The van der Waals surface area contributed by atoms with Crippen LogP contribution < -0.4 is 11.1 Å². The predicted octanol–water partition coefficient (Wildman–Crippen LogP) is 1.89. The van der Waals surface area contributed by atoms with Crippen LogP contribution in [-0.2, 0) is 4.79 Å². The SMILES string of the molecule is Cc1ccc(C(C)NCCCCC(N)=O)o1. The van der Waals surface area contributed by atoms with Crippen LogP contribution in [0.4, 0.5) is 0 Å². The first-order valence-electron chi connectivity index (χ1n) is 5.67. The summed E-state index contributed by atoms with van der Waals surface area (Å²) in [4.78, 5) is 10.5. The van der Waals surface area contributed by atoms with E-state index >= 15 is 0 Å². The summed E-state index contributed by atoms with van der Waals surface area (Å²) in [5, 5.41) is 3.34. The Morgan fingerprint density at radius 1 is 1.50 bits per heavy atom. The molecule has 1 heterocycles. The highest BCUT2D eigenvalue weighted by Gasteiger charge is 2.07. The van der Waals surface area contributed by atoms with Gasteiger partial charge in [-0.05, 0) is 45.4 Å². The van der Waals surface area contributed by atoms with Gasteiger partial charge in [-0.25, -0.2) is 0 Å². The molecule has 1 aromatic heterocycles. The number of carbonyl (C=O) groups excluding carboxylic acids is 1. The Balaban J connectivity index is 2.15. The minimum Gasteiger partial charge on any atom is -0.465 e. The van der Waals surface area contributed by atoms with Crippen LogP contribution in [0.5, 0.6) is 0 Å². The van der Waals surface area contributed by atoms with Gasteiger partial charge in [0.05, 0.1) is 6.04 Å². The van der Waals surface area contributed by atoms with Gasteiger partial charge in [-0.3, -0.25) is 4.79 Å². The van der Waals surface area contributed by atoms with Crippen molar-refractivity contribution >= 4 is 5.91 Å². The van der Waals surface area contributed by atoms with E-state index in [1.165, 1.54) is 0 Å². The molecule has 0 aliphatic heterocycles. The normalized spacial score (nSPS) is 12.6. The summed E-state index contributed by atoms with van der Waals surface area (Å²) in [5.41, 5.74) is 5.05. The number of primary amides is 1. The third kappa shape index (κ3) is 4.49. The number of carbonyl (C=O) groups is 1. The molecule has 0 bridgehead atoms. The van der Waals surface area contributed by atoms with E-state index < -0.39 is 0 Å². The number of nitrogens with two attached hydrogens (primary N) is 1. The van der Waals surface area contributed by atoms with Crippen LogP contribution in [0.1, 0.15) is 43.7 Å². The van der Waals surface area contributed by atoms with Gasteiger partial charge in [0.1, 0.15) is 11.5 Å². The summed E-state index contributed by atoms with van der Waals surface area (Å²) in [6.07, 6.45) is 2.26. The van der Waals surface area contributed by atoms with Gasteiger partial charge in [-0.15, -0.1) is 0 Å². The van der Waals surface area contributed by atoms with E-state index in [0.29, 0.717) is 6.42 Å². The molecule has 0 aliphatic carbocycles. The summed E-state index contributed by atoms with van der Waals surface area (Å²) in [6, 6.07) is 4.15. The fourth-order valence-corrected chi connectivity index (χ4v) is 1.53. The van der Waals surface area contributed by atoms with Gasteiger partial charge >= 0.3 is 0 Å². The standard InChI is InChI=1S/C12H20N2O2/c1-9-6-7-11(16-9)10(2)14-8-4-3-5-12(13)15/h6-7,10,14H,3-5,8H2,1-2H3,(H2,13,15). The van der Waals surface area contributed by atoms with Crippen LogP contribution in [0, 0.1) is 6.92 Å². The lowest BCUT2D eigenvalue weighted by molar-refractivity contribution is -0.118. The summed E-state index contributed by atoms with van der Waals surface area (Å²) in [5.74, 6) is 1.65. The van der Waals surface area contributed by atoms with Gasteiger partial charge < -0.3 is 15.5 Å². The van der Waals surface area contributed by atoms with Crippen molar-refractivity contribution in [1.82, 2.24) is 5.32 Å². The molecule has 4 nitrogen and oxygen atoms in total. The van der Waals surface area contributed by atoms with Gasteiger partial charge in [0.2, 0.25) is 5.91 Å². The Kier molecular flexibility index (Phi) is 5.05. The highest BCUT2D eigenvalue weighted by Crippen LogP contribution is 2.15. The smallest absolute Gasteiger partial charge is 0.217 e. The molecule has 0 spiro atoms. The number of amides is 1. The first kappa shape index (κ1) is 12.8. The Hall–Kier alpha value is -1.29. The quantitative estimate of drug-likeness (QED) is 0.695. The van der Waals surface area contributed by atoms with Crippen molar-refractivity contribution in [2.45, 2.75) is 39.2 Å². The molecule has 16 heavy (non-hydrogen) atoms. The molecule has 0 aromatic carbocycles. The Morgan fingerprint density at radius 2 is 2.25 bits per heavy atom. The highest BCUT2D eigenvalue weighted by atomic mass is 16.3. The van der Waals surface area contributed by atoms with Gasteiger partial charge in [0.15, 0.2) is 0 Å². The second-order valence-electron chi connectivity index (χ2n) is 4.05. The van der Waals surface area contributed by atoms with Crippen molar-refractivity contribution in [3.63, 3.8) is 0 Å². The van der Waals surface area contributed by atoms with Crippen molar-refractivity contribution in [1.29, 1.82) is 0 Å². The average Bonchev–Trinajstić information content (AvgIpc) is 2.63. The fourth-order valence-electron chi connectivity index (χ4n) is 1.53. The third-order valence-corrected chi connectivity index (χ3v) is 2.49. The molecule has 1 rings (SSSR count). The van der Waals surface area contributed by atoms with Crippen molar-refractivity contribution in [2.24, 2.45) is 5.73 Å². The number of hydrogen-bond donors (Lipinski definition) is 2. The lowest BCUT2D eigenvalue weighted by Gasteiger charge is -2.10. The zero-order valence-electron chi connectivity index (χ0n) is 9.95. The zero-order chi connectivity index (χ0) is 12.0.